The van der Waals surface area contributed by atoms with E-state index in [0.29, 0.717) is 0 Å². The van der Waals surface area contributed by atoms with E-state index in [-0.39, 0.29) is 0 Å². The van der Waals surface area contributed by atoms with Crippen molar-refractivity contribution < 1.29 is 0 Å². The Kier molecular flexibility index (Phi) is 3.56. The summed E-state index contributed by atoms with van der Waals surface area (Å²) in [5.41, 5.74) is 2.74. The summed E-state index contributed by atoms with van der Waals surface area (Å²) in [4.78, 5) is 1.38. The molecule has 0 radical (unpaired) electrons. The molecule has 0 saturated heterocycles. The molecule has 3 aromatic rings. The molecule has 3 rings (SSSR count). The Morgan fingerprint density at radius 2 is 1.42 bits per heavy atom. The first kappa shape index (κ1) is 12.3. The lowest BCUT2D eigenvalue weighted by atomic mass is 10.1. The van der Waals surface area contributed by atoms with Crippen molar-refractivity contribution in [1.29, 1.82) is 0 Å². The van der Waals surface area contributed by atoms with Crippen molar-refractivity contribution in [3.05, 3.63) is 77.9 Å². The van der Waals surface area contributed by atoms with Crippen LogP contribution in [0.5, 0.6) is 0 Å². The monoisotopic (exact) mass is 264 g/mol. The molecule has 1 heteroatoms. The summed E-state index contributed by atoms with van der Waals surface area (Å²) in [7, 11) is 0. The zero-order valence-electron chi connectivity index (χ0n) is 11.0. The molecule has 0 nitrogen and oxygen atoms in total. The summed E-state index contributed by atoms with van der Waals surface area (Å²) < 4.78 is 0. The standard InChI is InChI=1S/C18H16S/c1-14-11-16-9-5-6-10-17(16)12-18(14)19-13-15-7-3-2-4-8-15/h2-12H,13H2,1H3. The molecule has 0 saturated carbocycles. The summed E-state index contributed by atoms with van der Waals surface area (Å²) >= 11 is 1.91. The van der Waals surface area contributed by atoms with E-state index in [1.807, 2.05) is 11.8 Å². The van der Waals surface area contributed by atoms with Crippen LogP contribution in [0.15, 0.2) is 71.6 Å². The van der Waals surface area contributed by atoms with Crippen LogP contribution in [0.4, 0.5) is 0 Å². The number of thioether (sulfide) groups is 1. The van der Waals surface area contributed by atoms with Crippen LogP contribution in [-0.2, 0) is 5.75 Å². The van der Waals surface area contributed by atoms with E-state index in [4.69, 9.17) is 0 Å². The molecule has 0 spiro atoms. The second-order valence-corrected chi connectivity index (χ2v) is 5.76. The van der Waals surface area contributed by atoms with Gasteiger partial charge in [-0.1, -0.05) is 60.7 Å². The SMILES string of the molecule is Cc1cc2ccccc2cc1SCc1ccccc1. The third-order valence-electron chi connectivity index (χ3n) is 3.28. The fourth-order valence-corrected chi connectivity index (χ4v) is 3.24. The van der Waals surface area contributed by atoms with Crippen molar-refractivity contribution in [1.82, 2.24) is 0 Å². The predicted molar refractivity (Wildman–Crippen MR) is 84.7 cm³/mol. The Balaban J connectivity index is 1.86. The zero-order chi connectivity index (χ0) is 13.1. The molecular weight excluding hydrogens is 248 g/mol. The van der Waals surface area contributed by atoms with E-state index in [1.54, 1.807) is 0 Å². The zero-order valence-corrected chi connectivity index (χ0v) is 11.8. The lowest BCUT2D eigenvalue weighted by Gasteiger charge is -2.08. The fraction of sp³-hybridized carbons (Fsp3) is 0.111. The van der Waals surface area contributed by atoms with Crippen molar-refractivity contribution in [3.63, 3.8) is 0 Å². The normalized spacial score (nSPS) is 10.8. The van der Waals surface area contributed by atoms with Crippen LogP contribution in [0.25, 0.3) is 10.8 Å². The number of aryl methyl sites for hydroxylation is 1. The Hall–Kier alpha value is -1.73. The molecule has 0 aliphatic heterocycles. The highest BCUT2D eigenvalue weighted by Crippen LogP contribution is 2.29. The van der Waals surface area contributed by atoms with Gasteiger partial charge in [-0.2, -0.15) is 0 Å². The topological polar surface area (TPSA) is 0 Å². The molecular formula is C18H16S. The van der Waals surface area contributed by atoms with Crippen molar-refractivity contribution >= 4 is 22.5 Å². The van der Waals surface area contributed by atoms with Crippen molar-refractivity contribution in [2.24, 2.45) is 0 Å². The first-order valence-electron chi connectivity index (χ1n) is 6.49. The van der Waals surface area contributed by atoms with Gasteiger partial charge in [0.1, 0.15) is 0 Å². The maximum absolute atomic E-state index is 2.30. The number of hydrogen-bond donors (Lipinski definition) is 0. The van der Waals surface area contributed by atoms with Crippen molar-refractivity contribution in [2.75, 3.05) is 0 Å². The van der Waals surface area contributed by atoms with Crippen LogP contribution in [0.2, 0.25) is 0 Å². The maximum atomic E-state index is 2.30. The van der Waals surface area contributed by atoms with Gasteiger partial charge in [0.15, 0.2) is 0 Å². The molecule has 0 amide bonds. The van der Waals surface area contributed by atoms with Gasteiger partial charge in [0.25, 0.3) is 0 Å². The molecule has 0 aromatic heterocycles. The summed E-state index contributed by atoms with van der Waals surface area (Å²) in [6.45, 7) is 2.19. The van der Waals surface area contributed by atoms with E-state index in [9.17, 15) is 0 Å². The summed E-state index contributed by atoms with van der Waals surface area (Å²) in [6.07, 6.45) is 0. The highest BCUT2D eigenvalue weighted by atomic mass is 32.2. The molecule has 0 aliphatic rings. The second kappa shape index (κ2) is 5.50. The molecule has 0 heterocycles. The highest BCUT2D eigenvalue weighted by molar-refractivity contribution is 7.98. The van der Waals surface area contributed by atoms with Gasteiger partial charge in [-0.3, -0.25) is 0 Å². The molecule has 0 aliphatic carbocycles. The van der Waals surface area contributed by atoms with Crippen molar-refractivity contribution in [3.8, 4) is 0 Å². The average molecular weight is 264 g/mol. The third-order valence-corrected chi connectivity index (χ3v) is 4.51. The van der Waals surface area contributed by atoms with Gasteiger partial charge in [-0.05, 0) is 34.9 Å². The van der Waals surface area contributed by atoms with Crippen molar-refractivity contribution in [2.45, 2.75) is 17.6 Å². The third kappa shape index (κ3) is 2.82. The van der Waals surface area contributed by atoms with Gasteiger partial charge in [-0.15, -0.1) is 11.8 Å². The van der Waals surface area contributed by atoms with E-state index >= 15 is 0 Å². The Bertz CT molecular complexity index is 686. The Morgan fingerprint density at radius 1 is 0.789 bits per heavy atom. The quantitative estimate of drug-likeness (QED) is 0.567. The molecule has 0 fully saturated rings. The van der Waals surface area contributed by atoms with Gasteiger partial charge < -0.3 is 0 Å². The molecule has 94 valence electrons. The first-order valence-corrected chi connectivity index (χ1v) is 7.47. The van der Waals surface area contributed by atoms with Gasteiger partial charge in [0.2, 0.25) is 0 Å². The van der Waals surface area contributed by atoms with E-state index in [1.165, 1.54) is 26.8 Å². The van der Waals surface area contributed by atoms with E-state index < -0.39 is 0 Å². The van der Waals surface area contributed by atoms with Crippen LogP contribution in [0.3, 0.4) is 0 Å². The summed E-state index contributed by atoms with van der Waals surface area (Å²) in [5, 5.41) is 2.65. The van der Waals surface area contributed by atoms with Gasteiger partial charge in [-0.25, -0.2) is 0 Å². The smallest absolute Gasteiger partial charge is 0.0232 e. The second-order valence-electron chi connectivity index (χ2n) is 4.74. The van der Waals surface area contributed by atoms with Crippen LogP contribution in [-0.4, -0.2) is 0 Å². The number of hydrogen-bond acceptors (Lipinski definition) is 1. The molecule has 19 heavy (non-hydrogen) atoms. The average Bonchev–Trinajstić information content (AvgIpc) is 2.46. The van der Waals surface area contributed by atoms with Crippen LogP contribution >= 0.6 is 11.8 Å². The van der Waals surface area contributed by atoms with Crippen LogP contribution in [0, 0.1) is 6.92 Å². The van der Waals surface area contributed by atoms with Gasteiger partial charge >= 0.3 is 0 Å². The van der Waals surface area contributed by atoms with Crippen LogP contribution in [0.1, 0.15) is 11.1 Å². The molecule has 3 aromatic carbocycles. The van der Waals surface area contributed by atoms with Gasteiger partial charge in [0.05, 0.1) is 0 Å². The molecule has 0 N–H and O–H groups in total. The minimum Gasteiger partial charge on any atom is -0.121 e. The number of rotatable bonds is 3. The number of benzene rings is 3. The summed E-state index contributed by atoms with van der Waals surface area (Å²) in [6, 6.07) is 23.8. The minimum absolute atomic E-state index is 1.03. The Morgan fingerprint density at radius 3 is 2.16 bits per heavy atom. The molecule has 0 atom stereocenters. The van der Waals surface area contributed by atoms with Gasteiger partial charge in [0, 0.05) is 10.6 Å². The maximum Gasteiger partial charge on any atom is 0.0232 e. The van der Waals surface area contributed by atoms with E-state index in [2.05, 4.69) is 73.7 Å². The summed E-state index contributed by atoms with van der Waals surface area (Å²) in [5.74, 6) is 1.03. The lowest BCUT2D eigenvalue weighted by molar-refractivity contribution is 1.31. The first-order chi connectivity index (χ1) is 9.33. The molecule has 0 bridgehead atoms. The Labute approximate surface area is 118 Å². The minimum atomic E-state index is 1.03. The van der Waals surface area contributed by atoms with E-state index in [0.717, 1.165) is 5.75 Å². The highest BCUT2D eigenvalue weighted by Gasteiger charge is 2.02. The lowest BCUT2D eigenvalue weighted by Crippen LogP contribution is -1.84. The number of fused-ring (bicyclic) bond motifs is 1. The predicted octanol–water partition coefficient (Wildman–Crippen LogP) is 5.44. The fourth-order valence-electron chi connectivity index (χ4n) is 2.22. The largest absolute Gasteiger partial charge is 0.121 e. The van der Waals surface area contributed by atoms with Crippen LogP contribution < -0.4 is 0 Å². The molecule has 0 unspecified atom stereocenters.